The topological polar surface area (TPSA) is 56.3 Å². The molecule has 3 aromatic rings. The predicted octanol–water partition coefficient (Wildman–Crippen LogP) is 5.24. The van der Waals surface area contributed by atoms with Crippen LogP contribution in [0.15, 0.2) is 60.8 Å². The van der Waals surface area contributed by atoms with Crippen molar-refractivity contribution in [2.75, 3.05) is 55.8 Å². The molecule has 4 rings (SSSR count). The number of likely N-dealkylation sites (tertiary alicyclic amines) is 1. The van der Waals surface area contributed by atoms with Gasteiger partial charge in [0.25, 0.3) is 0 Å². The van der Waals surface area contributed by atoms with E-state index in [1.54, 1.807) is 6.20 Å². The van der Waals surface area contributed by atoms with Crippen molar-refractivity contribution in [3.63, 3.8) is 0 Å². The second-order valence-corrected chi connectivity index (χ2v) is 8.60. The molecule has 0 saturated carbocycles. The quantitative estimate of drug-likeness (QED) is 0.453. The van der Waals surface area contributed by atoms with E-state index in [0.29, 0.717) is 5.95 Å². The van der Waals surface area contributed by atoms with Gasteiger partial charge in [0, 0.05) is 38.2 Å². The van der Waals surface area contributed by atoms with Gasteiger partial charge < -0.3 is 20.4 Å². The molecule has 2 heterocycles. The molecule has 1 saturated heterocycles. The second kappa shape index (κ2) is 11.0. The molecule has 1 aliphatic rings. The average molecular weight is 431 g/mol. The summed E-state index contributed by atoms with van der Waals surface area (Å²) < 4.78 is 0. The molecule has 0 radical (unpaired) electrons. The highest BCUT2D eigenvalue weighted by atomic mass is 15.1. The van der Waals surface area contributed by atoms with Gasteiger partial charge in [0.2, 0.25) is 5.95 Å². The van der Waals surface area contributed by atoms with Crippen LogP contribution in [0.4, 0.5) is 23.1 Å². The van der Waals surface area contributed by atoms with Crippen molar-refractivity contribution < 1.29 is 0 Å². The number of rotatable bonds is 9. The Kier molecular flexibility index (Phi) is 7.56. The van der Waals surface area contributed by atoms with Crippen LogP contribution in [0.5, 0.6) is 0 Å². The van der Waals surface area contributed by atoms with Crippen molar-refractivity contribution in [3.8, 4) is 11.1 Å². The summed E-state index contributed by atoms with van der Waals surface area (Å²) in [5.74, 6) is 1.46. The molecule has 1 fully saturated rings. The summed E-state index contributed by atoms with van der Waals surface area (Å²) in [5.41, 5.74) is 4.50. The van der Waals surface area contributed by atoms with E-state index in [-0.39, 0.29) is 0 Å². The van der Waals surface area contributed by atoms with Crippen molar-refractivity contribution in [3.05, 3.63) is 60.8 Å². The average Bonchev–Trinajstić information content (AvgIpc) is 2.83. The standard InChI is InChI=1S/C26H34N6/c1-31(2)24-12-7-10-22(20-24)21-9-6-11-23(19-21)29-26-28-15-13-25(30-26)27-14-8-18-32-16-4-3-5-17-32/h6-7,9-13,15,19-20H,3-5,8,14,16-18H2,1-2H3,(H2,27,28,29,30). The van der Waals surface area contributed by atoms with Gasteiger partial charge in [-0.1, -0.05) is 30.7 Å². The first kappa shape index (κ1) is 22.1. The zero-order chi connectivity index (χ0) is 22.2. The summed E-state index contributed by atoms with van der Waals surface area (Å²) in [6.45, 7) is 4.58. The fourth-order valence-corrected chi connectivity index (χ4v) is 4.09. The molecule has 168 valence electrons. The lowest BCUT2D eigenvalue weighted by molar-refractivity contribution is 0.228. The molecule has 1 aromatic heterocycles. The van der Waals surface area contributed by atoms with Gasteiger partial charge in [-0.2, -0.15) is 4.98 Å². The van der Waals surface area contributed by atoms with Crippen molar-refractivity contribution in [2.45, 2.75) is 25.7 Å². The van der Waals surface area contributed by atoms with Crippen LogP contribution < -0.4 is 15.5 Å². The Morgan fingerprint density at radius 3 is 2.53 bits per heavy atom. The minimum Gasteiger partial charge on any atom is -0.378 e. The van der Waals surface area contributed by atoms with Crippen LogP contribution in [0, 0.1) is 0 Å². The van der Waals surface area contributed by atoms with Crippen LogP contribution in [0.3, 0.4) is 0 Å². The molecular formula is C26H34N6. The number of anilines is 4. The maximum absolute atomic E-state index is 4.64. The number of piperidine rings is 1. The van der Waals surface area contributed by atoms with Crippen LogP contribution in [-0.2, 0) is 0 Å². The lowest BCUT2D eigenvalue weighted by atomic mass is 10.0. The Bertz CT molecular complexity index is 997. The Morgan fingerprint density at radius 1 is 0.938 bits per heavy atom. The number of hydrogen-bond donors (Lipinski definition) is 2. The first-order chi connectivity index (χ1) is 15.7. The lowest BCUT2D eigenvalue weighted by Crippen LogP contribution is -2.31. The fraction of sp³-hybridized carbons (Fsp3) is 0.385. The maximum Gasteiger partial charge on any atom is 0.229 e. The van der Waals surface area contributed by atoms with E-state index in [4.69, 9.17) is 0 Å². The van der Waals surface area contributed by atoms with Crippen LogP contribution in [-0.4, -0.2) is 55.1 Å². The molecule has 1 aliphatic heterocycles. The highest BCUT2D eigenvalue weighted by Gasteiger charge is 2.09. The van der Waals surface area contributed by atoms with Gasteiger partial charge in [0.1, 0.15) is 5.82 Å². The molecule has 0 spiro atoms. The fourth-order valence-electron chi connectivity index (χ4n) is 4.09. The van der Waals surface area contributed by atoms with Crippen LogP contribution in [0.25, 0.3) is 11.1 Å². The number of nitrogens with zero attached hydrogens (tertiary/aromatic N) is 4. The Morgan fingerprint density at radius 2 is 1.72 bits per heavy atom. The third kappa shape index (κ3) is 6.20. The maximum atomic E-state index is 4.64. The van der Waals surface area contributed by atoms with E-state index in [1.807, 2.05) is 12.1 Å². The summed E-state index contributed by atoms with van der Waals surface area (Å²) >= 11 is 0. The lowest BCUT2D eigenvalue weighted by Gasteiger charge is -2.26. The first-order valence-electron chi connectivity index (χ1n) is 11.6. The van der Waals surface area contributed by atoms with Gasteiger partial charge in [0.15, 0.2) is 0 Å². The van der Waals surface area contributed by atoms with Gasteiger partial charge in [-0.3, -0.25) is 0 Å². The van der Waals surface area contributed by atoms with Crippen molar-refractivity contribution in [1.82, 2.24) is 14.9 Å². The van der Waals surface area contributed by atoms with Crippen molar-refractivity contribution >= 4 is 23.1 Å². The van der Waals surface area contributed by atoms with Crippen molar-refractivity contribution in [1.29, 1.82) is 0 Å². The SMILES string of the molecule is CN(C)c1cccc(-c2cccc(Nc3nccc(NCCCN4CCCCC4)n3)c2)c1. The third-order valence-electron chi connectivity index (χ3n) is 5.88. The summed E-state index contributed by atoms with van der Waals surface area (Å²) in [5, 5.41) is 6.80. The van der Waals surface area contributed by atoms with E-state index in [0.717, 1.165) is 36.6 Å². The summed E-state index contributed by atoms with van der Waals surface area (Å²) in [7, 11) is 4.12. The number of benzene rings is 2. The zero-order valence-corrected chi connectivity index (χ0v) is 19.2. The monoisotopic (exact) mass is 430 g/mol. The molecule has 2 N–H and O–H groups in total. The van der Waals surface area contributed by atoms with Crippen LogP contribution >= 0.6 is 0 Å². The van der Waals surface area contributed by atoms with E-state index < -0.39 is 0 Å². The molecule has 2 aromatic carbocycles. The third-order valence-corrected chi connectivity index (χ3v) is 5.88. The Labute approximate surface area is 191 Å². The summed E-state index contributed by atoms with van der Waals surface area (Å²) in [6, 6.07) is 18.8. The van der Waals surface area contributed by atoms with E-state index in [2.05, 4.69) is 87.0 Å². The number of nitrogens with one attached hydrogen (secondary N) is 2. The van der Waals surface area contributed by atoms with E-state index >= 15 is 0 Å². The predicted molar refractivity (Wildman–Crippen MR) is 135 cm³/mol. The molecule has 0 aliphatic carbocycles. The smallest absolute Gasteiger partial charge is 0.229 e. The number of hydrogen-bond acceptors (Lipinski definition) is 6. The Balaban J connectivity index is 1.35. The largest absolute Gasteiger partial charge is 0.378 e. The highest BCUT2D eigenvalue weighted by Crippen LogP contribution is 2.27. The molecular weight excluding hydrogens is 396 g/mol. The molecule has 6 nitrogen and oxygen atoms in total. The molecule has 0 unspecified atom stereocenters. The van der Waals surface area contributed by atoms with E-state index in [1.165, 1.54) is 43.6 Å². The first-order valence-corrected chi connectivity index (χ1v) is 11.6. The number of aromatic nitrogens is 2. The van der Waals surface area contributed by atoms with E-state index in [9.17, 15) is 0 Å². The minimum atomic E-state index is 0.602. The van der Waals surface area contributed by atoms with Gasteiger partial charge in [-0.25, -0.2) is 4.98 Å². The molecule has 6 heteroatoms. The Hall–Kier alpha value is -3.12. The molecule has 0 bridgehead atoms. The summed E-state index contributed by atoms with van der Waals surface area (Å²) in [6.07, 6.45) is 7.00. The van der Waals surface area contributed by atoms with Gasteiger partial charge in [-0.15, -0.1) is 0 Å². The van der Waals surface area contributed by atoms with Gasteiger partial charge in [0.05, 0.1) is 0 Å². The normalized spacial score (nSPS) is 14.2. The van der Waals surface area contributed by atoms with Crippen LogP contribution in [0.2, 0.25) is 0 Å². The van der Waals surface area contributed by atoms with Gasteiger partial charge >= 0.3 is 0 Å². The molecule has 0 amide bonds. The molecule has 0 atom stereocenters. The summed E-state index contributed by atoms with van der Waals surface area (Å²) in [4.78, 5) is 13.7. The van der Waals surface area contributed by atoms with Crippen molar-refractivity contribution in [2.24, 2.45) is 0 Å². The minimum absolute atomic E-state index is 0.602. The zero-order valence-electron chi connectivity index (χ0n) is 19.2. The highest BCUT2D eigenvalue weighted by molar-refractivity contribution is 5.72. The van der Waals surface area contributed by atoms with Gasteiger partial charge in [-0.05, 0) is 80.4 Å². The molecule has 32 heavy (non-hydrogen) atoms. The second-order valence-electron chi connectivity index (χ2n) is 8.60. The van der Waals surface area contributed by atoms with Crippen LogP contribution in [0.1, 0.15) is 25.7 Å².